The second-order valence-electron chi connectivity index (χ2n) is 7.29. The first kappa shape index (κ1) is 14.5. The molecular weight excluding hydrogens is 282 g/mol. The molecule has 1 unspecified atom stereocenters. The van der Waals surface area contributed by atoms with Crippen molar-refractivity contribution in [1.82, 2.24) is 4.90 Å². The van der Waals surface area contributed by atoms with Crippen LogP contribution in [0, 0.1) is 0 Å². The number of hydrogen-bond donors (Lipinski definition) is 0. The van der Waals surface area contributed by atoms with Gasteiger partial charge in [-0.05, 0) is 47.9 Å². The van der Waals surface area contributed by atoms with Crippen LogP contribution < -0.4 is 0 Å². The minimum Gasteiger partial charge on any atom is -0.338 e. The highest BCUT2D eigenvalue weighted by Crippen LogP contribution is 2.47. The molecule has 0 bridgehead atoms. The second-order valence-corrected chi connectivity index (χ2v) is 7.29. The van der Waals surface area contributed by atoms with Crippen LogP contribution in [0.25, 0.3) is 0 Å². The van der Waals surface area contributed by atoms with Crippen LogP contribution in [0.2, 0.25) is 0 Å². The largest absolute Gasteiger partial charge is 0.338 e. The van der Waals surface area contributed by atoms with Crippen molar-refractivity contribution in [1.29, 1.82) is 0 Å². The van der Waals surface area contributed by atoms with Crippen molar-refractivity contribution >= 4 is 5.91 Å². The fraction of sp³-hybridized carbons (Fsp3) is 0.381. The summed E-state index contributed by atoms with van der Waals surface area (Å²) in [5.41, 5.74) is 3.84. The Balaban J connectivity index is 1.50. The first-order chi connectivity index (χ1) is 11.2. The Kier molecular flexibility index (Phi) is 3.48. The summed E-state index contributed by atoms with van der Waals surface area (Å²) < 4.78 is 0. The first-order valence-corrected chi connectivity index (χ1v) is 8.60. The molecule has 0 spiro atoms. The molecule has 4 rings (SSSR count). The Labute approximate surface area is 138 Å². The zero-order valence-electron chi connectivity index (χ0n) is 13.7. The average Bonchev–Trinajstić information content (AvgIpc) is 3.17. The van der Waals surface area contributed by atoms with Gasteiger partial charge in [0.1, 0.15) is 0 Å². The number of nitrogens with zero attached hydrogens (tertiary/aromatic N) is 1. The average molecular weight is 305 g/mol. The molecule has 118 valence electrons. The van der Waals surface area contributed by atoms with E-state index in [0.29, 0.717) is 11.3 Å². The fourth-order valence-electron chi connectivity index (χ4n) is 3.63. The quantitative estimate of drug-likeness (QED) is 0.824. The number of likely N-dealkylation sites (tertiary alicyclic amines) is 1. The van der Waals surface area contributed by atoms with E-state index in [1.165, 1.54) is 24.0 Å². The molecule has 1 atom stereocenters. The number of amides is 1. The van der Waals surface area contributed by atoms with Gasteiger partial charge in [-0.25, -0.2) is 0 Å². The topological polar surface area (TPSA) is 20.3 Å². The van der Waals surface area contributed by atoms with Crippen LogP contribution >= 0.6 is 0 Å². The van der Waals surface area contributed by atoms with Crippen LogP contribution in [0.4, 0.5) is 0 Å². The number of carbonyl (C=O) groups is 1. The molecule has 1 aliphatic heterocycles. The lowest BCUT2D eigenvalue weighted by Crippen LogP contribution is -2.28. The molecule has 0 radical (unpaired) electrons. The zero-order valence-corrected chi connectivity index (χ0v) is 13.7. The van der Waals surface area contributed by atoms with E-state index in [-0.39, 0.29) is 5.91 Å². The van der Waals surface area contributed by atoms with Crippen molar-refractivity contribution in [2.45, 2.75) is 37.5 Å². The van der Waals surface area contributed by atoms with Gasteiger partial charge in [0, 0.05) is 24.6 Å². The van der Waals surface area contributed by atoms with Crippen molar-refractivity contribution in [2.75, 3.05) is 13.1 Å². The van der Waals surface area contributed by atoms with Crippen LogP contribution in [0.3, 0.4) is 0 Å². The number of rotatable bonds is 3. The molecule has 1 heterocycles. The molecule has 23 heavy (non-hydrogen) atoms. The van der Waals surface area contributed by atoms with E-state index in [1.807, 2.05) is 23.1 Å². The molecule has 2 aliphatic rings. The van der Waals surface area contributed by atoms with Gasteiger partial charge < -0.3 is 4.90 Å². The molecule has 1 aliphatic carbocycles. The third kappa shape index (κ3) is 2.78. The predicted octanol–water partition coefficient (Wildman–Crippen LogP) is 4.37. The smallest absolute Gasteiger partial charge is 0.253 e. The highest BCUT2D eigenvalue weighted by Gasteiger charge is 2.39. The van der Waals surface area contributed by atoms with E-state index < -0.39 is 0 Å². The predicted molar refractivity (Wildman–Crippen MR) is 92.7 cm³/mol. The minimum absolute atomic E-state index is 0.189. The molecule has 2 fully saturated rings. The summed E-state index contributed by atoms with van der Waals surface area (Å²) in [4.78, 5) is 14.9. The maximum atomic E-state index is 12.8. The highest BCUT2D eigenvalue weighted by atomic mass is 16.2. The van der Waals surface area contributed by atoms with Gasteiger partial charge in [-0.2, -0.15) is 0 Å². The summed E-state index contributed by atoms with van der Waals surface area (Å²) in [6.07, 6.45) is 3.54. The molecule has 2 nitrogen and oxygen atoms in total. The van der Waals surface area contributed by atoms with Gasteiger partial charge in [0.15, 0.2) is 0 Å². The van der Waals surface area contributed by atoms with Gasteiger partial charge in [0.2, 0.25) is 0 Å². The number of hydrogen-bond acceptors (Lipinski definition) is 1. The molecule has 0 N–H and O–H groups in total. The molecule has 2 aromatic rings. The lowest BCUT2D eigenvalue weighted by Gasteiger charge is -2.18. The van der Waals surface area contributed by atoms with E-state index in [2.05, 4.69) is 43.3 Å². The van der Waals surface area contributed by atoms with Crippen molar-refractivity contribution in [3.8, 4) is 0 Å². The molecule has 2 heteroatoms. The van der Waals surface area contributed by atoms with E-state index in [1.54, 1.807) is 0 Å². The Morgan fingerprint density at radius 3 is 2.61 bits per heavy atom. The second kappa shape index (κ2) is 5.52. The van der Waals surface area contributed by atoms with Crippen molar-refractivity contribution in [2.24, 2.45) is 0 Å². The molecule has 1 amide bonds. The lowest BCUT2D eigenvalue weighted by molar-refractivity contribution is 0.0790. The Morgan fingerprint density at radius 1 is 1.09 bits per heavy atom. The first-order valence-electron chi connectivity index (χ1n) is 8.60. The summed E-state index contributed by atoms with van der Waals surface area (Å²) in [7, 11) is 0. The molecular formula is C21H23NO. The monoisotopic (exact) mass is 305 g/mol. The van der Waals surface area contributed by atoms with Gasteiger partial charge in [0.05, 0.1) is 0 Å². The highest BCUT2D eigenvalue weighted by molar-refractivity contribution is 5.94. The third-order valence-electron chi connectivity index (χ3n) is 5.55. The van der Waals surface area contributed by atoms with E-state index >= 15 is 0 Å². The summed E-state index contributed by atoms with van der Waals surface area (Å²) in [6.45, 7) is 3.99. The standard InChI is InChI=1S/C21H23NO/c1-21(11-12-21)19-9-5-8-17(14-19)20(23)22-13-10-18(15-22)16-6-3-2-4-7-16/h2-9,14,18H,10-13,15H2,1H3. The Bertz CT molecular complexity index is 718. The van der Waals surface area contributed by atoms with E-state index in [4.69, 9.17) is 0 Å². The maximum Gasteiger partial charge on any atom is 0.253 e. The normalized spacial score (nSPS) is 22.1. The minimum atomic E-state index is 0.189. The van der Waals surface area contributed by atoms with Crippen LogP contribution in [0.15, 0.2) is 54.6 Å². The summed E-state index contributed by atoms with van der Waals surface area (Å²) in [6, 6.07) is 18.8. The van der Waals surface area contributed by atoms with Crippen molar-refractivity contribution in [3.05, 3.63) is 71.3 Å². The van der Waals surface area contributed by atoms with Crippen LogP contribution in [0.5, 0.6) is 0 Å². The van der Waals surface area contributed by atoms with E-state index in [9.17, 15) is 4.79 Å². The van der Waals surface area contributed by atoms with Gasteiger partial charge >= 0.3 is 0 Å². The van der Waals surface area contributed by atoms with Crippen molar-refractivity contribution < 1.29 is 4.79 Å². The molecule has 1 saturated heterocycles. The number of carbonyl (C=O) groups excluding carboxylic acids is 1. The SMILES string of the molecule is CC1(c2cccc(C(=O)N3CCC(c4ccccc4)C3)c2)CC1. The lowest BCUT2D eigenvalue weighted by atomic mass is 9.96. The van der Waals surface area contributed by atoms with Crippen molar-refractivity contribution in [3.63, 3.8) is 0 Å². The summed E-state index contributed by atoms with van der Waals surface area (Å²) in [5, 5.41) is 0. The summed E-state index contributed by atoms with van der Waals surface area (Å²) >= 11 is 0. The summed E-state index contributed by atoms with van der Waals surface area (Å²) in [5.74, 6) is 0.666. The zero-order chi connectivity index (χ0) is 15.9. The van der Waals surface area contributed by atoms with Gasteiger partial charge in [0.25, 0.3) is 5.91 Å². The molecule has 2 aromatic carbocycles. The van der Waals surface area contributed by atoms with Crippen LogP contribution in [-0.2, 0) is 5.41 Å². The number of benzene rings is 2. The Morgan fingerprint density at radius 2 is 1.87 bits per heavy atom. The maximum absolute atomic E-state index is 12.8. The Hall–Kier alpha value is -2.09. The third-order valence-corrected chi connectivity index (χ3v) is 5.55. The van der Waals surface area contributed by atoms with E-state index in [0.717, 1.165) is 25.1 Å². The van der Waals surface area contributed by atoms with Crippen LogP contribution in [0.1, 0.15) is 53.6 Å². The molecule has 0 aromatic heterocycles. The van der Waals surface area contributed by atoms with Gasteiger partial charge in [-0.15, -0.1) is 0 Å². The van der Waals surface area contributed by atoms with Gasteiger partial charge in [-0.3, -0.25) is 4.79 Å². The van der Waals surface area contributed by atoms with Crippen LogP contribution in [-0.4, -0.2) is 23.9 Å². The molecule has 1 saturated carbocycles. The fourth-order valence-corrected chi connectivity index (χ4v) is 3.63. The van der Waals surface area contributed by atoms with Gasteiger partial charge in [-0.1, -0.05) is 49.4 Å².